The van der Waals surface area contributed by atoms with Gasteiger partial charge in [-0.3, -0.25) is 9.69 Å². The molecule has 0 fully saturated rings. The molecule has 1 rings (SSSR count). The van der Waals surface area contributed by atoms with Crippen LogP contribution >= 0.6 is 0 Å². The van der Waals surface area contributed by atoms with Crippen LogP contribution in [-0.4, -0.2) is 44.6 Å². The molecule has 138 valence electrons. The van der Waals surface area contributed by atoms with Gasteiger partial charge in [-0.05, 0) is 44.5 Å². The molecule has 1 aromatic rings. The zero-order valence-corrected chi connectivity index (χ0v) is 16.5. The lowest BCUT2D eigenvalue weighted by Crippen LogP contribution is -2.51. The van der Waals surface area contributed by atoms with Crippen molar-refractivity contribution in [2.75, 3.05) is 19.8 Å². The van der Waals surface area contributed by atoms with E-state index in [4.69, 9.17) is 0 Å². The lowest BCUT2D eigenvalue weighted by molar-refractivity contribution is -0.124. The molecule has 0 saturated carbocycles. The van der Waals surface area contributed by atoms with Crippen LogP contribution in [0, 0.1) is 17.2 Å². The molecule has 0 aliphatic heterocycles. The smallest absolute Gasteiger partial charge is 0.235 e. The van der Waals surface area contributed by atoms with Crippen molar-refractivity contribution in [3.05, 3.63) is 29.8 Å². The van der Waals surface area contributed by atoms with Gasteiger partial charge in [-0.2, -0.15) is 5.26 Å². The second-order valence-corrected chi connectivity index (χ2v) is 8.97. The molecule has 0 spiro atoms. The fourth-order valence-corrected chi connectivity index (χ4v) is 2.87. The van der Waals surface area contributed by atoms with E-state index in [1.165, 1.54) is 6.26 Å². The van der Waals surface area contributed by atoms with E-state index in [0.29, 0.717) is 0 Å². The van der Waals surface area contributed by atoms with Crippen molar-refractivity contribution < 1.29 is 13.2 Å². The van der Waals surface area contributed by atoms with E-state index in [1.54, 1.807) is 31.2 Å². The fourth-order valence-electron chi connectivity index (χ4n) is 2.24. The highest BCUT2D eigenvalue weighted by Crippen LogP contribution is 2.21. The van der Waals surface area contributed by atoms with Crippen LogP contribution in [0.15, 0.2) is 29.2 Å². The van der Waals surface area contributed by atoms with Gasteiger partial charge >= 0.3 is 0 Å². The molecule has 0 aromatic heterocycles. The first-order chi connectivity index (χ1) is 11.4. The first-order valence-electron chi connectivity index (χ1n) is 8.13. The normalized spacial score (nSPS) is 15.5. The number of nitrogens with one attached hydrogen (secondary N) is 1. The monoisotopic (exact) mass is 365 g/mol. The topological polar surface area (TPSA) is 90.3 Å². The summed E-state index contributed by atoms with van der Waals surface area (Å²) < 4.78 is 23.0. The van der Waals surface area contributed by atoms with Crippen molar-refractivity contribution in [3.63, 3.8) is 0 Å². The summed E-state index contributed by atoms with van der Waals surface area (Å²) in [5, 5.41) is 12.1. The van der Waals surface area contributed by atoms with Crippen molar-refractivity contribution in [3.8, 4) is 6.07 Å². The highest BCUT2D eigenvalue weighted by atomic mass is 32.2. The van der Waals surface area contributed by atoms with Crippen LogP contribution in [0.5, 0.6) is 0 Å². The Bertz CT molecular complexity index is 751. The zero-order valence-electron chi connectivity index (χ0n) is 15.7. The molecule has 6 nitrogen and oxygen atoms in total. The number of likely N-dealkylation sites (N-methyl/N-ethyl adjacent to an activating group) is 1. The largest absolute Gasteiger partial charge is 0.337 e. The molecule has 0 bridgehead atoms. The van der Waals surface area contributed by atoms with Gasteiger partial charge < -0.3 is 5.32 Å². The Labute approximate surface area is 150 Å². The van der Waals surface area contributed by atoms with Crippen LogP contribution in [0.1, 0.15) is 39.3 Å². The molecule has 0 aliphatic carbocycles. The van der Waals surface area contributed by atoms with Crippen LogP contribution in [0.4, 0.5) is 0 Å². The van der Waals surface area contributed by atoms with E-state index in [-0.39, 0.29) is 29.3 Å². The predicted octanol–water partition coefficient (Wildman–Crippen LogP) is 2.14. The summed E-state index contributed by atoms with van der Waals surface area (Å²) in [6.45, 7) is 7.56. The van der Waals surface area contributed by atoms with Crippen molar-refractivity contribution in [2.24, 2.45) is 5.92 Å². The highest BCUT2D eigenvalue weighted by molar-refractivity contribution is 7.90. The van der Waals surface area contributed by atoms with Gasteiger partial charge in [-0.25, -0.2) is 8.42 Å². The molecular weight excluding hydrogens is 338 g/mol. The van der Waals surface area contributed by atoms with E-state index in [1.807, 2.05) is 32.7 Å². The van der Waals surface area contributed by atoms with Crippen molar-refractivity contribution in [1.82, 2.24) is 10.2 Å². The van der Waals surface area contributed by atoms with Gasteiger partial charge in [-0.1, -0.05) is 26.0 Å². The van der Waals surface area contributed by atoms with Gasteiger partial charge in [0.15, 0.2) is 9.84 Å². The standard InChI is InChI=1S/C18H27N3O3S/c1-13(2)18(4,12-19)20-17(22)11-21(5)14(3)15-7-9-16(10-8-15)25(6,23)24/h7-10,13-14H,11H2,1-6H3,(H,20,22). The number of sulfone groups is 1. The maximum absolute atomic E-state index is 12.3. The Kier molecular flexibility index (Phi) is 6.75. The summed E-state index contributed by atoms with van der Waals surface area (Å²) in [6, 6.07) is 8.72. The maximum atomic E-state index is 12.3. The molecular formula is C18H27N3O3S. The third-order valence-electron chi connectivity index (χ3n) is 4.63. The molecule has 1 N–H and O–H groups in total. The summed E-state index contributed by atoms with van der Waals surface area (Å²) in [5.41, 5.74) is 0.00720. The van der Waals surface area contributed by atoms with Crippen LogP contribution in [-0.2, 0) is 14.6 Å². The molecule has 1 amide bonds. The number of amides is 1. The number of hydrogen-bond acceptors (Lipinski definition) is 5. The quantitative estimate of drug-likeness (QED) is 0.799. The van der Waals surface area contributed by atoms with Gasteiger partial charge in [0.2, 0.25) is 5.91 Å². The van der Waals surface area contributed by atoms with Gasteiger partial charge in [-0.15, -0.1) is 0 Å². The lowest BCUT2D eigenvalue weighted by Gasteiger charge is -2.30. The van der Waals surface area contributed by atoms with Crippen LogP contribution in [0.3, 0.4) is 0 Å². The molecule has 0 radical (unpaired) electrons. The first kappa shape index (κ1) is 21.1. The number of carbonyl (C=O) groups excluding carboxylic acids is 1. The molecule has 2 unspecified atom stereocenters. The number of carbonyl (C=O) groups is 1. The SMILES string of the molecule is CC(c1ccc(S(C)(=O)=O)cc1)N(C)CC(=O)NC(C)(C#N)C(C)C. The molecule has 0 heterocycles. The van der Waals surface area contributed by atoms with Gasteiger partial charge in [0.25, 0.3) is 0 Å². The average Bonchev–Trinajstić information content (AvgIpc) is 2.52. The Morgan fingerprint density at radius 2 is 1.80 bits per heavy atom. The Hall–Kier alpha value is -1.91. The zero-order chi connectivity index (χ0) is 19.4. The first-order valence-corrected chi connectivity index (χ1v) is 10.0. The average molecular weight is 365 g/mol. The number of benzene rings is 1. The summed E-state index contributed by atoms with van der Waals surface area (Å²) in [5.74, 6) is -0.229. The van der Waals surface area contributed by atoms with Crippen LogP contribution < -0.4 is 5.32 Å². The minimum atomic E-state index is -3.22. The van der Waals surface area contributed by atoms with Gasteiger partial charge in [0.1, 0.15) is 5.54 Å². The number of nitrogens with zero attached hydrogens (tertiary/aromatic N) is 2. The van der Waals surface area contributed by atoms with E-state index in [2.05, 4.69) is 11.4 Å². The Morgan fingerprint density at radius 1 is 1.28 bits per heavy atom. The summed E-state index contributed by atoms with van der Waals surface area (Å²) >= 11 is 0. The summed E-state index contributed by atoms with van der Waals surface area (Å²) in [6.07, 6.45) is 1.17. The van der Waals surface area contributed by atoms with E-state index < -0.39 is 15.4 Å². The molecule has 0 aliphatic rings. The van der Waals surface area contributed by atoms with Gasteiger partial charge in [0.05, 0.1) is 17.5 Å². The molecule has 0 saturated heterocycles. The van der Waals surface area contributed by atoms with Crippen LogP contribution in [0.25, 0.3) is 0 Å². The second-order valence-electron chi connectivity index (χ2n) is 6.95. The Balaban J connectivity index is 2.78. The summed E-state index contributed by atoms with van der Waals surface area (Å²) in [4.78, 5) is 14.4. The minimum absolute atomic E-state index is 0.00674. The van der Waals surface area contributed by atoms with E-state index in [0.717, 1.165) is 5.56 Å². The highest BCUT2D eigenvalue weighted by Gasteiger charge is 2.30. The van der Waals surface area contributed by atoms with E-state index >= 15 is 0 Å². The van der Waals surface area contributed by atoms with Crippen molar-refractivity contribution in [1.29, 1.82) is 5.26 Å². The van der Waals surface area contributed by atoms with Crippen molar-refractivity contribution in [2.45, 2.75) is 44.2 Å². The van der Waals surface area contributed by atoms with Crippen LogP contribution in [0.2, 0.25) is 0 Å². The van der Waals surface area contributed by atoms with E-state index in [9.17, 15) is 18.5 Å². The third-order valence-corrected chi connectivity index (χ3v) is 5.76. The molecule has 25 heavy (non-hydrogen) atoms. The predicted molar refractivity (Wildman–Crippen MR) is 97.6 cm³/mol. The minimum Gasteiger partial charge on any atom is -0.337 e. The molecule has 1 aromatic carbocycles. The lowest BCUT2D eigenvalue weighted by atomic mass is 9.90. The number of hydrogen-bond donors (Lipinski definition) is 1. The molecule has 2 atom stereocenters. The van der Waals surface area contributed by atoms with Crippen molar-refractivity contribution >= 4 is 15.7 Å². The molecule has 7 heteroatoms. The Morgan fingerprint density at radius 3 is 2.20 bits per heavy atom. The summed E-state index contributed by atoms with van der Waals surface area (Å²) in [7, 11) is -1.41. The van der Waals surface area contributed by atoms with Gasteiger partial charge in [0, 0.05) is 12.3 Å². The maximum Gasteiger partial charge on any atom is 0.235 e. The number of rotatable bonds is 7. The fraction of sp³-hybridized carbons (Fsp3) is 0.556. The number of nitriles is 1. The third kappa shape index (κ3) is 5.55. The second kappa shape index (κ2) is 7.98.